The first-order chi connectivity index (χ1) is 14.2. The van der Waals surface area contributed by atoms with E-state index >= 15 is 0 Å². The molecule has 0 spiro atoms. The molecule has 1 aromatic carbocycles. The van der Waals surface area contributed by atoms with E-state index in [0.717, 1.165) is 34.1 Å². The minimum Gasteiger partial charge on any atom is -0.456 e. The summed E-state index contributed by atoms with van der Waals surface area (Å²) < 4.78 is 41.5. The number of rotatable bonds is 6. The smallest absolute Gasteiger partial charge is 0.422 e. The Hall–Kier alpha value is -2.51. The van der Waals surface area contributed by atoms with E-state index in [4.69, 9.17) is 0 Å². The number of aryl methyl sites for hydroxylation is 2. The maximum Gasteiger partial charge on any atom is 0.422 e. The highest BCUT2D eigenvalue weighted by Crippen LogP contribution is 2.32. The first-order valence-corrected chi connectivity index (χ1v) is 10.2. The van der Waals surface area contributed by atoms with Gasteiger partial charge < -0.3 is 15.0 Å². The standard InChI is InChI=1S/C22H27F3N2O3/c1-13-7-8-19-18(11-13)15(14(2)27-19)9-10-26-20(28)16-5-3-4-6-17(16)21(29)30-12-22(23,24)25/h7-8,11,16-17,27H,3-6,9-10,12H2,1-2H3,(H,26,28)/t16-,17+/m1/s1. The number of carbonyl (C=O) groups excluding carboxylic acids is 2. The number of amides is 1. The summed E-state index contributed by atoms with van der Waals surface area (Å²) in [6, 6.07) is 6.16. The number of nitrogens with one attached hydrogen (secondary N) is 2. The van der Waals surface area contributed by atoms with E-state index in [-0.39, 0.29) is 5.91 Å². The molecular weight excluding hydrogens is 397 g/mol. The topological polar surface area (TPSA) is 71.2 Å². The molecule has 1 fully saturated rings. The van der Waals surface area contributed by atoms with Gasteiger partial charge >= 0.3 is 12.1 Å². The molecule has 1 saturated carbocycles. The number of alkyl halides is 3. The molecule has 1 aliphatic carbocycles. The van der Waals surface area contributed by atoms with E-state index in [0.29, 0.717) is 32.2 Å². The van der Waals surface area contributed by atoms with Gasteiger partial charge in [-0.05, 0) is 50.8 Å². The van der Waals surface area contributed by atoms with Crippen LogP contribution < -0.4 is 5.32 Å². The average Bonchev–Trinajstić information content (AvgIpc) is 3.00. The normalized spacial score (nSPS) is 19.6. The predicted octanol–water partition coefficient (Wildman–Crippen LogP) is 4.36. The van der Waals surface area contributed by atoms with Crippen molar-refractivity contribution in [1.82, 2.24) is 10.3 Å². The van der Waals surface area contributed by atoms with Crippen LogP contribution in [0.25, 0.3) is 10.9 Å². The van der Waals surface area contributed by atoms with E-state index in [9.17, 15) is 22.8 Å². The third kappa shape index (κ3) is 5.34. The van der Waals surface area contributed by atoms with Gasteiger partial charge in [-0.2, -0.15) is 13.2 Å². The molecule has 0 radical (unpaired) electrons. The van der Waals surface area contributed by atoms with Crippen LogP contribution in [0, 0.1) is 25.7 Å². The van der Waals surface area contributed by atoms with Crippen molar-refractivity contribution in [3.8, 4) is 0 Å². The number of halogens is 3. The highest BCUT2D eigenvalue weighted by molar-refractivity contribution is 5.86. The summed E-state index contributed by atoms with van der Waals surface area (Å²) in [6.07, 6.45) is -1.64. The van der Waals surface area contributed by atoms with Crippen LogP contribution in [0.3, 0.4) is 0 Å². The maximum atomic E-state index is 12.7. The van der Waals surface area contributed by atoms with Gasteiger partial charge in [0.15, 0.2) is 6.61 Å². The van der Waals surface area contributed by atoms with Gasteiger partial charge in [-0.15, -0.1) is 0 Å². The number of fused-ring (bicyclic) bond motifs is 1. The number of carbonyl (C=O) groups is 2. The maximum absolute atomic E-state index is 12.7. The van der Waals surface area contributed by atoms with Gasteiger partial charge in [-0.25, -0.2) is 0 Å². The Morgan fingerprint density at radius 1 is 1.17 bits per heavy atom. The minimum atomic E-state index is -4.57. The Kier molecular flexibility index (Phi) is 6.73. The van der Waals surface area contributed by atoms with Crippen molar-refractivity contribution >= 4 is 22.8 Å². The highest BCUT2D eigenvalue weighted by atomic mass is 19.4. The minimum absolute atomic E-state index is 0.294. The lowest BCUT2D eigenvalue weighted by Gasteiger charge is -2.29. The molecule has 3 rings (SSSR count). The third-order valence-electron chi connectivity index (χ3n) is 5.73. The van der Waals surface area contributed by atoms with E-state index < -0.39 is 30.6 Å². The molecule has 0 bridgehead atoms. The van der Waals surface area contributed by atoms with Gasteiger partial charge in [0.05, 0.1) is 11.8 Å². The molecule has 2 aromatic rings. The highest BCUT2D eigenvalue weighted by Gasteiger charge is 2.38. The molecule has 2 N–H and O–H groups in total. The zero-order chi connectivity index (χ0) is 21.9. The second-order valence-electron chi connectivity index (χ2n) is 8.04. The van der Waals surface area contributed by atoms with Crippen molar-refractivity contribution in [2.24, 2.45) is 11.8 Å². The van der Waals surface area contributed by atoms with E-state index in [1.807, 2.05) is 26.0 Å². The Labute approximate surface area is 173 Å². The van der Waals surface area contributed by atoms with Crippen molar-refractivity contribution < 1.29 is 27.5 Å². The van der Waals surface area contributed by atoms with Crippen LogP contribution in [0.5, 0.6) is 0 Å². The molecule has 0 saturated heterocycles. The summed E-state index contributed by atoms with van der Waals surface area (Å²) in [5.41, 5.74) is 4.35. The zero-order valence-electron chi connectivity index (χ0n) is 17.2. The van der Waals surface area contributed by atoms with Crippen molar-refractivity contribution in [2.45, 2.75) is 52.1 Å². The van der Waals surface area contributed by atoms with Crippen molar-refractivity contribution in [3.05, 3.63) is 35.0 Å². The first-order valence-electron chi connectivity index (χ1n) is 10.2. The molecule has 1 amide bonds. The number of hydrogen-bond donors (Lipinski definition) is 2. The fourth-order valence-electron chi connectivity index (χ4n) is 4.25. The van der Waals surface area contributed by atoms with Crippen molar-refractivity contribution in [1.29, 1.82) is 0 Å². The van der Waals surface area contributed by atoms with Crippen LogP contribution in [0.1, 0.15) is 42.5 Å². The Morgan fingerprint density at radius 3 is 2.57 bits per heavy atom. The van der Waals surface area contributed by atoms with E-state index in [2.05, 4.69) is 21.1 Å². The molecule has 0 aliphatic heterocycles. The van der Waals surface area contributed by atoms with E-state index in [1.54, 1.807) is 0 Å². The largest absolute Gasteiger partial charge is 0.456 e. The predicted molar refractivity (Wildman–Crippen MR) is 107 cm³/mol. The van der Waals surface area contributed by atoms with Crippen LogP contribution in [0.2, 0.25) is 0 Å². The van der Waals surface area contributed by atoms with Gasteiger partial charge in [-0.1, -0.05) is 24.5 Å². The fourth-order valence-corrected chi connectivity index (χ4v) is 4.25. The second-order valence-corrected chi connectivity index (χ2v) is 8.04. The van der Waals surface area contributed by atoms with Gasteiger partial charge in [0, 0.05) is 23.1 Å². The summed E-state index contributed by atoms with van der Waals surface area (Å²) in [6.45, 7) is 2.78. The number of ether oxygens (including phenoxy) is 1. The van der Waals surface area contributed by atoms with Crippen LogP contribution in [0.4, 0.5) is 13.2 Å². The quantitative estimate of drug-likeness (QED) is 0.677. The number of benzene rings is 1. The SMILES string of the molecule is Cc1ccc2[nH]c(C)c(CCNC(=O)[C@@H]3CCCC[C@@H]3C(=O)OCC(F)(F)F)c2c1. The Bertz CT molecular complexity index is 920. The lowest BCUT2D eigenvalue weighted by molar-refractivity contribution is -0.191. The fraction of sp³-hybridized carbons (Fsp3) is 0.545. The number of aromatic amines is 1. The van der Waals surface area contributed by atoms with Crippen molar-refractivity contribution in [2.75, 3.05) is 13.2 Å². The lowest BCUT2D eigenvalue weighted by Crippen LogP contribution is -2.41. The second kappa shape index (κ2) is 9.10. The Morgan fingerprint density at radius 2 is 1.87 bits per heavy atom. The molecule has 0 unspecified atom stereocenters. The van der Waals surface area contributed by atoms with Crippen LogP contribution in [0.15, 0.2) is 18.2 Å². The van der Waals surface area contributed by atoms with Gasteiger partial charge in [0.25, 0.3) is 0 Å². The summed E-state index contributed by atoms with van der Waals surface area (Å²) in [5.74, 6) is -2.70. The monoisotopic (exact) mass is 424 g/mol. The van der Waals surface area contributed by atoms with Crippen LogP contribution >= 0.6 is 0 Å². The molecule has 8 heteroatoms. The molecule has 5 nitrogen and oxygen atoms in total. The summed E-state index contributed by atoms with van der Waals surface area (Å²) in [5, 5.41) is 3.99. The molecular formula is C22H27F3N2O3. The third-order valence-corrected chi connectivity index (χ3v) is 5.73. The molecule has 1 heterocycles. The number of aromatic nitrogens is 1. The number of hydrogen-bond acceptors (Lipinski definition) is 3. The number of esters is 1. The van der Waals surface area contributed by atoms with E-state index in [1.165, 1.54) is 0 Å². The van der Waals surface area contributed by atoms with Gasteiger partial charge in [0.2, 0.25) is 5.91 Å². The number of H-pyrrole nitrogens is 1. The summed E-state index contributed by atoms with van der Waals surface area (Å²) in [7, 11) is 0. The molecule has 1 aromatic heterocycles. The Balaban J connectivity index is 1.60. The summed E-state index contributed by atoms with van der Waals surface area (Å²) >= 11 is 0. The first kappa shape index (κ1) is 22.2. The molecule has 164 valence electrons. The van der Waals surface area contributed by atoms with Crippen LogP contribution in [-0.2, 0) is 20.7 Å². The molecule has 1 aliphatic rings. The van der Waals surface area contributed by atoms with Crippen LogP contribution in [-0.4, -0.2) is 36.2 Å². The van der Waals surface area contributed by atoms with Gasteiger partial charge in [-0.3, -0.25) is 9.59 Å². The van der Waals surface area contributed by atoms with Crippen molar-refractivity contribution in [3.63, 3.8) is 0 Å². The molecule has 2 atom stereocenters. The zero-order valence-corrected chi connectivity index (χ0v) is 17.2. The van der Waals surface area contributed by atoms with Gasteiger partial charge in [0.1, 0.15) is 0 Å². The summed E-state index contributed by atoms with van der Waals surface area (Å²) in [4.78, 5) is 28.2. The average molecular weight is 424 g/mol. The molecule has 30 heavy (non-hydrogen) atoms. The lowest BCUT2D eigenvalue weighted by atomic mass is 9.78.